The second-order valence-corrected chi connectivity index (χ2v) is 8.44. The van der Waals surface area contributed by atoms with Gasteiger partial charge in [-0.3, -0.25) is 14.4 Å². The van der Waals surface area contributed by atoms with Crippen LogP contribution < -0.4 is 14.7 Å². The Bertz CT molecular complexity index is 1400. The van der Waals surface area contributed by atoms with E-state index in [4.69, 9.17) is 9.57 Å². The molecule has 6 nitrogen and oxygen atoms in total. The average Bonchev–Trinajstić information content (AvgIpc) is 3.40. The van der Waals surface area contributed by atoms with Crippen LogP contribution in [-0.4, -0.2) is 25.0 Å². The molecule has 6 heteroatoms. The van der Waals surface area contributed by atoms with E-state index >= 15 is 0 Å². The number of benzene rings is 4. The molecule has 0 bridgehead atoms. The summed E-state index contributed by atoms with van der Waals surface area (Å²) >= 11 is 0. The number of hydroxylamine groups is 1. The molecular weight excluding hydrogens is 428 g/mol. The molecule has 0 radical (unpaired) electrons. The van der Waals surface area contributed by atoms with Gasteiger partial charge in [0.05, 0.1) is 24.5 Å². The summed E-state index contributed by atoms with van der Waals surface area (Å²) < 4.78 is 5.30. The number of anilines is 2. The van der Waals surface area contributed by atoms with E-state index in [1.54, 1.807) is 36.4 Å². The van der Waals surface area contributed by atoms with Crippen molar-refractivity contribution >= 4 is 34.0 Å². The van der Waals surface area contributed by atoms with E-state index in [1.165, 1.54) is 4.90 Å². The number of para-hydroxylation sites is 1. The van der Waals surface area contributed by atoms with Crippen LogP contribution in [0.2, 0.25) is 0 Å². The lowest BCUT2D eigenvalue weighted by atomic mass is 9.87. The van der Waals surface area contributed by atoms with Gasteiger partial charge in [0, 0.05) is 6.07 Å². The summed E-state index contributed by atoms with van der Waals surface area (Å²) in [6.45, 7) is 0. The van der Waals surface area contributed by atoms with Crippen LogP contribution in [0.1, 0.15) is 11.6 Å². The minimum absolute atomic E-state index is 0.278. The van der Waals surface area contributed by atoms with Crippen LogP contribution in [0.15, 0.2) is 97.1 Å². The van der Waals surface area contributed by atoms with Gasteiger partial charge in [0.1, 0.15) is 11.7 Å². The molecule has 2 aliphatic rings. The van der Waals surface area contributed by atoms with Gasteiger partial charge >= 0.3 is 0 Å². The smallest absolute Gasteiger partial charge is 0.266 e. The lowest BCUT2D eigenvalue weighted by molar-refractivity contribution is -0.126. The molecule has 2 saturated heterocycles. The normalized spacial score (nSPS) is 21.9. The van der Waals surface area contributed by atoms with Crippen molar-refractivity contribution in [1.29, 1.82) is 0 Å². The fourth-order valence-electron chi connectivity index (χ4n) is 5.04. The number of fused-ring (bicyclic) bond motifs is 2. The minimum atomic E-state index is -0.914. The van der Waals surface area contributed by atoms with Crippen LogP contribution in [0, 0.1) is 5.92 Å². The summed E-state index contributed by atoms with van der Waals surface area (Å²) in [5, 5.41) is 3.83. The van der Waals surface area contributed by atoms with Crippen molar-refractivity contribution in [3.05, 3.63) is 103 Å². The van der Waals surface area contributed by atoms with E-state index in [2.05, 4.69) is 0 Å². The third kappa shape index (κ3) is 3.07. The molecule has 2 fully saturated rings. The van der Waals surface area contributed by atoms with Crippen molar-refractivity contribution in [2.24, 2.45) is 5.92 Å². The Hall–Kier alpha value is -4.16. The standard InChI is InChI=1S/C28H22N2O4/c1-33-21-14-8-13-20(17-21)29-27(31)24-25(23-16-7-10-18-9-5-6-15-22(18)23)30(34-26(24)28(29)32)19-11-3-2-4-12-19/h2-17,24-26H,1H3/t24-,25-,26+/m0/s1. The number of carbonyl (C=O) groups excluding carboxylic acids is 2. The second kappa shape index (κ2) is 8.01. The van der Waals surface area contributed by atoms with E-state index < -0.39 is 18.1 Å². The molecule has 4 aromatic carbocycles. The highest BCUT2D eigenvalue weighted by Gasteiger charge is 2.60. The van der Waals surface area contributed by atoms with Crippen LogP contribution >= 0.6 is 0 Å². The van der Waals surface area contributed by atoms with Crippen molar-refractivity contribution in [1.82, 2.24) is 0 Å². The van der Waals surface area contributed by atoms with Crippen molar-refractivity contribution in [2.45, 2.75) is 12.1 Å². The first kappa shape index (κ1) is 20.4. The maximum absolute atomic E-state index is 13.9. The number of amides is 2. The fourth-order valence-corrected chi connectivity index (χ4v) is 5.04. The van der Waals surface area contributed by atoms with Crippen LogP contribution in [0.4, 0.5) is 11.4 Å². The van der Waals surface area contributed by atoms with Crippen LogP contribution in [0.25, 0.3) is 10.8 Å². The van der Waals surface area contributed by atoms with Gasteiger partial charge in [-0.1, -0.05) is 66.7 Å². The van der Waals surface area contributed by atoms with Crippen LogP contribution in [0.5, 0.6) is 5.75 Å². The van der Waals surface area contributed by atoms with Gasteiger partial charge in [0.2, 0.25) is 5.91 Å². The molecule has 0 spiro atoms. The van der Waals surface area contributed by atoms with Gasteiger partial charge in [0.15, 0.2) is 6.10 Å². The second-order valence-electron chi connectivity index (χ2n) is 8.44. The van der Waals surface area contributed by atoms with E-state index in [0.29, 0.717) is 11.4 Å². The minimum Gasteiger partial charge on any atom is -0.497 e. The van der Waals surface area contributed by atoms with Crippen molar-refractivity contribution < 1.29 is 19.2 Å². The Morgan fingerprint density at radius 1 is 0.765 bits per heavy atom. The van der Waals surface area contributed by atoms with Crippen molar-refractivity contribution in [3.63, 3.8) is 0 Å². The lowest BCUT2D eigenvalue weighted by Crippen LogP contribution is -2.37. The predicted molar refractivity (Wildman–Crippen MR) is 129 cm³/mol. The molecule has 3 atom stereocenters. The zero-order valence-electron chi connectivity index (χ0n) is 18.5. The summed E-state index contributed by atoms with van der Waals surface area (Å²) in [6.07, 6.45) is -0.914. The van der Waals surface area contributed by atoms with Gasteiger partial charge in [0.25, 0.3) is 5.91 Å². The highest BCUT2D eigenvalue weighted by Crippen LogP contribution is 2.49. The highest BCUT2D eigenvalue weighted by molar-refractivity contribution is 6.24. The molecule has 0 aromatic heterocycles. The SMILES string of the molecule is COc1cccc(N2C(=O)[C@@H]3[C@@H](ON(c4ccccc4)[C@H]3c3cccc4ccccc34)C2=O)c1. The van der Waals surface area contributed by atoms with Crippen LogP contribution in [0.3, 0.4) is 0 Å². The quantitative estimate of drug-likeness (QED) is 0.414. The monoisotopic (exact) mass is 450 g/mol. The number of rotatable bonds is 4. The fraction of sp³-hybridized carbons (Fsp3) is 0.143. The van der Waals surface area contributed by atoms with Gasteiger partial charge in [-0.2, -0.15) is 0 Å². The van der Waals surface area contributed by atoms with E-state index in [-0.39, 0.29) is 11.8 Å². The Morgan fingerprint density at radius 2 is 1.47 bits per heavy atom. The first-order chi connectivity index (χ1) is 16.7. The molecule has 2 amide bonds. The molecule has 0 N–H and O–H groups in total. The first-order valence-electron chi connectivity index (χ1n) is 11.2. The molecule has 0 saturated carbocycles. The molecule has 6 rings (SSSR count). The molecule has 2 aliphatic heterocycles. The maximum atomic E-state index is 13.9. The van der Waals surface area contributed by atoms with Gasteiger partial charge in [-0.05, 0) is 40.6 Å². The molecular formula is C28H22N2O4. The summed E-state index contributed by atoms with van der Waals surface area (Å²) in [6, 6.07) is 30.2. The number of nitrogens with zero attached hydrogens (tertiary/aromatic N) is 2. The number of hydrogen-bond donors (Lipinski definition) is 0. The van der Waals surface area contributed by atoms with Gasteiger partial charge in [-0.15, -0.1) is 0 Å². The molecule has 2 heterocycles. The average molecular weight is 450 g/mol. The molecule has 0 unspecified atom stereocenters. The summed E-state index contributed by atoms with van der Waals surface area (Å²) in [5.74, 6) is -0.760. The highest BCUT2D eigenvalue weighted by atomic mass is 16.7. The van der Waals surface area contributed by atoms with Crippen LogP contribution in [-0.2, 0) is 14.4 Å². The van der Waals surface area contributed by atoms with Gasteiger partial charge in [-0.25, -0.2) is 9.96 Å². The largest absolute Gasteiger partial charge is 0.497 e. The predicted octanol–water partition coefficient (Wildman–Crippen LogP) is 4.90. The molecule has 168 valence electrons. The molecule has 34 heavy (non-hydrogen) atoms. The summed E-state index contributed by atoms with van der Waals surface area (Å²) in [7, 11) is 1.55. The molecule has 4 aromatic rings. The van der Waals surface area contributed by atoms with E-state index in [1.807, 2.05) is 72.8 Å². The number of imide groups is 1. The Morgan fingerprint density at radius 3 is 2.29 bits per heavy atom. The number of carbonyl (C=O) groups is 2. The Labute approximate surface area is 196 Å². The lowest BCUT2D eigenvalue weighted by Gasteiger charge is -2.29. The third-order valence-corrected chi connectivity index (χ3v) is 6.58. The summed E-state index contributed by atoms with van der Waals surface area (Å²) in [4.78, 5) is 34.9. The van der Waals surface area contributed by atoms with Crippen molar-refractivity contribution in [2.75, 3.05) is 17.1 Å². The number of ether oxygens (including phenoxy) is 1. The Kier molecular flexibility index (Phi) is 4.81. The maximum Gasteiger partial charge on any atom is 0.266 e. The summed E-state index contributed by atoms with van der Waals surface area (Å²) in [5.41, 5.74) is 2.22. The number of hydrogen-bond acceptors (Lipinski definition) is 5. The zero-order valence-corrected chi connectivity index (χ0v) is 18.5. The third-order valence-electron chi connectivity index (χ3n) is 6.58. The van der Waals surface area contributed by atoms with Gasteiger partial charge < -0.3 is 4.74 Å². The Balaban J connectivity index is 1.50. The number of methoxy groups -OCH3 is 1. The first-order valence-corrected chi connectivity index (χ1v) is 11.2. The van der Waals surface area contributed by atoms with Crippen molar-refractivity contribution in [3.8, 4) is 5.75 Å². The zero-order chi connectivity index (χ0) is 23.2. The van der Waals surface area contributed by atoms with E-state index in [9.17, 15) is 9.59 Å². The molecule has 0 aliphatic carbocycles. The van der Waals surface area contributed by atoms with E-state index in [0.717, 1.165) is 22.0 Å². The topological polar surface area (TPSA) is 59.1 Å².